The number of carboxylic acids is 1. The molecule has 166 valence electrons. The molecule has 0 unspecified atom stereocenters. The molecule has 3 aromatic rings. The number of likely N-dealkylation sites (tertiary alicyclic amines) is 1. The number of aliphatic carboxylic acids is 1. The van der Waals surface area contributed by atoms with Crippen LogP contribution in [0.4, 0.5) is 0 Å². The van der Waals surface area contributed by atoms with Crippen molar-refractivity contribution in [3.8, 4) is 0 Å². The molecule has 32 heavy (non-hydrogen) atoms. The highest BCUT2D eigenvalue weighted by molar-refractivity contribution is 7.86. The second-order valence-corrected chi connectivity index (χ2v) is 9.57. The first-order valence-electron chi connectivity index (χ1n) is 10.4. The van der Waals surface area contributed by atoms with Crippen LogP contribution in [0.1, 0.15) is 23.1 Å². The van der Waals surface area contributed by atoms with Gasteiger partial charge in [0, 0.05) is 13.0 Å². The summed E-state index contributed by atoms with van der Waals surface area (Å²) in [7, 11) is -3.74. The van der Waals surface area contributed by atoms with Crippen molar-refractivity contribution in [2.24, 2.45) is 0 Å². The second kappa shape index (κ2) is 8.86. The van der Waals surface area contributed by atoms with E-state index in [1.54, 1.807) is 0 Å². The summed E-state index contributed by atoms with van der Waals surface area (Å²) in [6.45, 7) is 0.142. The molecule has 1 saturated heterocycles. The van der Waals surface area contributed by atoms with E-state index >= 15 is 0 Å². The van der Waals surface area contributed by atoms with Gasteiger partial charge in [0.2, 0.25) is 0 Å². The molecule has 6 nitrogen and oxygen atoms in total. The van der Waals surface area contributed by atoms with E-state index in [2.05, 4.69) is 0 Å². The van der Waals surface area contributed by atoms with Crippen molar-refractivity contribution in [3.05, 3.63) is 108 Å². The van der Waals surface area contributed by atoms with Gasteiger partial charge in [-0.3, -0.25) is 13.9 Å². The van der Waals surface area contributed by atoms with E-state index < -0.39 is 33.8 Å². The molecule has 1 aliphatic rings. The van der Waals surface area contributed by atoms with E-state index in [0.717, 1.165) is 22.9 Å². The summed E-state index contributed by atoms with van der Waals surface area (Å²) in [6, 6.07) is 28.2. The Kier molecular flexibility index (Phi) is 6.15. The number of benzene rings is 3. The zero-order valence-electron chi connectivity index (χ0n) is 17.7. The second-order valence-electron chi connectivity index (χ2n) is 7.97. The molecule has 4 rings (SSSR count). The fourth-order valence-electron chi connectivity index (χ4n) is 4.75. The topological polar surface area (TPSA) is 83.9 Å². The third-order valence-electron chi connectivity index (χ3n) is 5.86. The molecule has 0 amide bonds. The molecule has 1 heterocycles. The Balaban J connectivity index is 1.99. The first kappa shape index (κ1) is 22.2. The Morgan fingerprint density at radius 1 is 0.875 bits per heavy atom. The molecule has 7 heteroatoms. The Bertz CT molecular complexity index is 1070. The summed E-state index contributed by atoms with van der Waals surface area (Å²) in [5.74, 6) is -1.02. The fourth-order valence-corrected chi connectivity index (χ4v) is 5.39. The third-order valence-corrected chi connectivity index (χ3v) is 6.49. The van der Waals surface area contributed by atoms with Gasteiger partial charge in [0.05, 0.1) is 17.9 Å². The lowest BCUT2D eigenvalue weighted by atomic mass is 9.75. The molecule has 1 fully saturated rings. The minimum Gasteiger partial charge on any atom is -0.480 e. The Hall–Kier alpha value is -3.00. The van der Waals surface area contributed by atoms with Gasteiger partial charge in [-0.05, 0) is 16.7 Å². The van der Waals surface area contributed by atoms with Crippen molar-refractivity contribution < 1.29 is 22.5 Å². The van der Waals surface area contributed by atoms with Crippen LogP contribution in [-0.2, 0) is 24.6 Å². The lowest BCUT2D eigenvalue weighted by Gasteiger charge is -2.45. The molecule has 0 saturated carbocycles. The average molecular weight is 452 g/mol. The highest BCUT2D eigenvalue weighted by Crippen LogP contribution is 2.46. The van der Waals surface area contributed by atoms with Gasteiger partial charge in [-0.15, -0.1) is 0 Å². The SMILES string of the molecule is CS(=O)(=O)O[C@H]1C[C@@H](C(=O)O)N(C(c2ccccc2)(c2ccccc2)c2ccccc2)C1. The molecular formula is C25H25NO5S. The maximum atomic E-state index is 12.4. The van der Waals surface area contributed by atoms with Gasteiger partial charge >= 0.3 is 5.97 Å². The lowest BCUT2D eigenvalue weighted by molar-refractivity contribution is -0.143. The maximum Gasteiger partial charge on any atom is 0.321 e. The van der Waals surface area contributed by atoms with Crippen molar-refractivity contribution in [2.75, 3.05) is 12.8 Å². The van der Waals surface area contributed by atoms with Crippen LogP contribution in [0.15, 0.2) is 91.0 Å². The van der Waals surface area contributed by atoms with Gasteiger partial charge in [0.15, 0.2) is 0 Å². The predicted molar refractivity (Wildman–Crippen MR) is 122 cm³/mol. The molecule has 2 atom stereocenters. The number of nitrogens with zero attached hydrogens (tertiary/aromatic N) is 1. The first-order valence-corrected chi connectivity index (χ1v) is 12.2. The normalized spacial score (nSPS) is 19.7. The molecule has 3 aromatic carbocycles. The van der Waals surface area contributed by atoms with Crippen LogP contribution in [0.5, 0.6) is 0 Å². The number of hydrogen-bond acceptors (Lipinski definition) is 5. The van der Waals surface area contributed by atoms with Crippen molar-refractivity contribution >= 4 is 16.1 Å². The molecule has 0 bridgehead atoms. The molecule has 0 aliphatic carbocycles. The van der Waals surface area contributed by atoms with E-state index in [1.165, 1.54) is 0 Å². The summed E-state index contributed by atoms with van der Waals surface area (Å²) in [5.41, 5.74) is 1.72. The molecule has 0 aromatic heterocycles. The van der Waals surface area contributed by atoms with Gasteiger partial charge in [-0.2, -0.15) is 8.42 Å². The number of hydrogen-bond donors (Lipinski definition) is 1. The van der Waals surface area contributed by atoms with E-state index in [1.807, 2.05) is 95.9 Å². The minimum absolute atomic E-state index is 0.0661. The van der Waals surface area contributed by atoms with Crippen LogP contribution < -0.4 is 0 Å². The number of rotatable bonds is 7. The molecule has 1 aliphatic heterocycles. The van der Waals surface area contributed by atoms with Crippen molar-refractivity contribution in [1.29, 1.82) is 0 Å². The zero-order chi connectivity index (χ0) is 22.8. The van der Waals surface area contributed by atoms with Crippen LogP contribution in [0.2, 0.25) is 0 Å². The molecule has 0 spiro atoms. The van der Waals surface area contributed by atoms with E-state index in [9.17, 15) is 18.3 Å². The fraction of sp³-hybridized carbons (Fsp3) is 0.240. The maximum absolute atomic E-state index is 12.4. The van der Waals surface area contributed by atoms with E-state index in [-0.39, 0.29) is 13.0 Å². The monoisotopic (exact) mass is 451 g/mol. The first-order chi connectivity index (χ1) is 15.3. The quantitative estimate of drug-likeness (QED) is 0.437. The van der Waals surface area contributed by atoms with E-state index in [0.29, 0.717) is 0 Å². The van der Waals surface area contributed by atoms with Gasteiger partial charge in [0.25, 0.3) is 10.1 Å². The summed E-state index contributed by atoms with van der Waals surface area (Å²) in [5, 5.41) is 10.2. The Morgan fingerprint density at radius 2 is 1.28 bits per heavy atom. The van der Waals surface area contributed by atoms with Gasteiger partial charge in [0.1, 0.15) is 6.04 Å². The minimum atomic E-state index is -3.74. The van der Waals surface area contributed by atoms with E-state index in [4.69, 9.17) is 4.18 Å². The lowest BCUT2D eigenvalue weighted by Crippen LogP contribution is -2.53. The summed E-state index contributed by atoms with van der Waals surface area (Å²) in [4.78, 5) is 14.3. The highest BCUT2D eigenvalue weighted by Gasteiger charge is 2.52. The van der Waals surface area contributed by atoms with Crippen molar-refractivity contribution in [3.63, 3.8) is 0 Å². The average Bonchev–Trinajstić information content (AvgIpc) is 3.19. The number of carbonyl (C=O) groups is 1. The smallest absolute Gasteiger partial charge is 0.321 e. The summed E-state index contributed by atoms with van der Waals surface area (Å²) < 4.78 is 29.0. The van der Waals surface area contributed by atoms with Crippen molar-refractivity contribution in [1.82, 2.24) is 4.90 Å². The standard InChI is InChI=1S/C25H25NO5S/c1-32(29,30)31-22-17-23(24(27)28)26(18-22)25(19-11-5-2-6-12-19,20-13-7-3-8-14-20)21-15-9-4-10-16-21/h2-16,22-23H,17-18H2,1H3,(H,27,28)/t22-,23-/m0/s1. The van der Waals surface area contributed by atoms with Crippen LogP contribution in [0.3, 0.4) is 0 Å². The van der Waals surface area contributed by atoms with Gasteiger partial charge < -0.3 is 5.11 Å². The van der Waals surface area contributed by atoms with Crippen molar-refractivity contribution in [2.45, 2.75) is 24.1 Å². The molecule has 1 N–H and O–H groups in total. The Labute approximate surface area is 188 Å². The highest BCUT2D eigenvalue weighted by atomic mass is 32.2. The van der Waals surface area contributed by atoms with Crippen LogP contribution in [0, 0.1) is 0 Å². The third kappa shape index (κ3) is 4.19. The number of carboxylic acid groups (broad SMARTS) is 1. The van der Waals surface area contributed by atoms with Crippen LogP contribution in [0.25, 0.3) is 0 Å². The summed E-state index contributed by atoms with van der Waals surface area (Å²) >= 11 is 0. The largest absolute Gasteiger partial charge is 0.480 e. The Morgan fingerprint density at radius 3 is 1.62 bits per heavy atom. The van der Waals surface area contributed by atoms with Gasteiger partial charge in [-0.1, -0.05) is 91.0 Å². The van der Waals surface area contributed by atoms with Crippen LogP contribution >= 0.6 is 0 Å². The zero-order valence-corrected chi connectivity index (χ0v) is 18.5. The van der Waals surface area contributed by atoms with Gasteiger partial charge in [-0.25, -0.2) is 0 Å². The summed E-state index contributed by atoms with van der Waals surface area (Å²) in [6.07, 6.45) is 0.294. The van der Waals surface area contributed by atoms with Crippen LogP contribution in [-0.4, -0.2) is 49.3 Å². The predicted octanol–water partition coefficient (Wildman–Crippen LogP) is 3.48. The molecule has 0 radical (unpaired) electrons. The molecular weight excluding hydrogens is 426 g/mol.